The van der Waals surface area contributed by atoms with E-state index < -0.39 is 0 Å². The summed E-state index contributed by atoms with van der Waals surface area (Å²) in [6.45, 7) is 6.74. The van der Waals surface area contributed by atoms with Crippen LogP contribution in [0.4, 0.5) is 0 Å². The average molecular weight is 293 g/mol. The number of rotatable bonds is 6. The van der Waals surface area contributed by atoms with Crippen molar-refractivity contribution >= 4 is 0 Å². The summed E-state index contributed by atoms with van der Waals surface area (Å²) >= 11 is 0. The Kier molecular flexibility index (Phi) is 6.09. The van der Waals surface area contributed by atoms with Gasteiger partial charge in [-0.3, -0.25) is 4.68 Å². The maximum Gasteiger partial charge on any atom is 0.160 e. The summed E-state index contributed by atoms with van der Waals surface area (Å²) in [6, 6.07) is 0. The van der Waals surface area contributed by atoms with E-state index >= 15 is 0 Å². The van der Waals surface area contributed by atoms with Crippen LogP contribution in [0.25, 0.3) is 0 Å². The molecule has 1 fully saturated rings. The van der Waals surface area contributed by atoms with Gasteiger partial charge in [-0.1, -0.05) is 33.1 Å². The Morgan fingerprint density at radius 3 is 2.81 bits per heavy atom. The molecule has 1 aliphatic rings. The van der Waals surface area contributed by atoms with Gasteiger partial charge in [-0.05, 0) is 37.8 Å². The molecule has 0 saturated heterocycles. The van der Waals surface area contributed by atoms with Gasteiger partial charge in [0.1, 0.15) is 0 Å². The highest BCUT2D eigenvalue weighted by atomic mass is 16.5. The molecule has 2 rings (SSSR count). The molecule has 0 radical (unpaired) electrons. The fourth-order valence-electron chi connectivity index (χ4n) is 3.55. The number of nitrogens with one attached hydrogen (secondary N) is 1. The Balaban J connectivity index is 2.13. The van der Waals surface area contributed by atoms with Crippen LogP contribution >= 0.6 is 0 Å². The summed E-state index contributed by atoms with van der Waals surface area (Å²) in [4.78, 5) is 0. The Morgan fingerprint density at radius 1 is 1.33 bits per heavy atom. The van der Waals surface area contributed by atoms with Crippen molar-refractivity contribution in [3.05, 3.63) is 11.9 Å². The molecule has 0 spiro atoms. The molecule has 1 heterocycles. The van der Waals surface area contributed by atoms with E-state index in [0.29, 0.717) is 17.8 Å². The lowest BCUT2D eigenvalue weighted by Crippen LogP contribution is -2.30. The standard InChI is InChI=1S/C17H31N3O/c1-13(2)10-18-11-14-8-6-5-7-9-15(14)17-16(21-4)12-19-20(17)3/h12-15,18H,5-11H2,1-4H3. The van der Waals surface area contributed by atoms with Gasteiger partial charge in [0.25, 0.3) is 0 Å². The Labute approximate surface area is 129 Å². The zero-order chi connectivity index (χ0) is 15.2. The van der Waals surface area contributed by atoms with Gasteiger partial charge in [0.15, 0.2) is 5.75 Å². The van der Waals surface area contributed by atoms with Crippen molar-refractivity contribution in [1.29, 1.82) is 0 Å². The van der Waals surface area contributed by atoms with Gasteiger partial charge >= 0.3 is 0 Å². The number of hydrogen-bond donors (Lipinski definition) is 1. The maximum absolute atomic E-state index is 5.55. The van der Waals surface area contributed by atoms with Crippen molar-refractivity contribution in [2.75, 3.05) is 20.2 Å². The predicted octanol–water partition coefficient (Wildman–Crippen LogP) is 3.34. The van der Waals surface area contributed by atoms with Gasteiger partial charge in [0, 0.05) is 13.0 Å². The van der Waals surface area contributed by atoms with E-state index in [1.54, 1.807) is 7.11 Å². The van der Waals surface area contributed by atoms with Crippen LogP contribution in [0.2, 0.25) is 0 Å². The smallest absolute Gasteiger partial charge is 0.160 e. The monoisotopic (exact) mass is 293 g/mol. The molecule has 4 heteroatoms. The Morgan fingerprint density at radius 2 is 2.10 bits per heavy atom. The summed E-state index contributed by atoms with van der Waals surface area (Å²) in [5.41, 5.74) is 1.29. The largest absolute Gasteiger partial charge is 0.493 e. The highest BCUT2D eigenvalue weighted by Crippen LogP contribution is 2.39. The first-order chi connectivity index (χ1) is 10.1. The third-order valence-corrected chi connectivity index (χ3v) is 4.64. The van der Waals surface area contributed by atoms with Crippen LogP contribution in [-0.2, 0) is 7.05 Å². The van der Waals surface area contributed by atoms with Crippen LogP contribution in [0, 0.1) is 11.8 Å². The van der Waals surface area contributed by atoms with Crippen molar-refractivity contribution < 1.29 is 4.74 Å². The summed E-state index contributed by atoms with van der Waals surface area (Å²) in [5, 5.41) is 8.07. The normalized spacial score (nSPS) is 23.3. The van der Waals surface area contributed by atoms with Gasteiger partial charge in [-0.15, -0.1) is 0 Å². The number of methoxy groups -OCH3 is 1. The highest BCUT2D eigenvalue weighted by molar-refractivity contribution is 5.29. The molecule has 1 aliphatic carbocycles. The molecule has 0 aromatic carbocycles. The van der Waals surface area contributed by atoms with Crippen LogP contribution < -0.4 is 10.1 Å². The molecular formula is C17H31N3O. The summed E-state index contributed by atoms with van der Waals surface area (Å²) < 4.78 is 7.57. The quantitative estimate of drug-likeness (QED) is 0.818. The molecule has 21 heavy (non-hydrogen) atoms. The molecular weight excluding hydrogens is 262 g/mol. The van der Waals surface area contributed by atoms with Crippen molar-refractivity contribution in [1.82, 2.24) is 15.1 Å². The van der Waals surface area contributed by atoms with Crippen molar-refractivity contribution in [3.8, 4) is 5.75 Å². The molecule has 0 amide bonds. The number of hydrogen-bond acceptors (Lipinski definition) is 3. The summed E-state index contributed by atoms with van der Waals surface area (Å²) in [5.74, 6) is 2.92. The molecule has 0 bridgehead atoms. The lowest BCUT2D eigenvalue weighted by Gasteiger charge is -2.26. The van der Waals surface area contributed by atoms with Crippen molar-refractivity contribution in [3.63, 3.8) is 0 Å². The molecule has 1 saturated carbocycles. The first-order valence-corrected chi connectivity index (χ1v) is 8.40. The minimum Gasteiger partial charge on any atom is -0.493 e. The number of aromatic nitrogens is 2. The number of aryl methyl sites for hydroxylation is 1. The van der Waals surface area contributed by atoms with E-state index in [2.05, 4.69) is 24.3 Å². The lowest BCUT2D eigenvalue weighted by atomic mass is 9.84. The SMILES string of the molecule is COc1cnn(C)c1C1CCCCCC1CNCC(C)C. The Bertz CT molecular complexity index is 428. The zero-order valence-electron chi connectivity index (χ0n) is 14.1. The Hall–Kier alpha value is -1.03. The fourth-order valence-corrected chi connectivity index (χ4v) is 3.55. The van der Waals surface area contributed by atoms with Crippen molar-refractivity contribution in [2.45, 2.75) is 51.9 Å². The van der Waals surface area contributed by atoms with E-state index in [1.807, 2.05) is 17.9 Å². The van der Waals surface area contributed by atoms with E-state index in [1.165, 1.54) is 37.8 Å². The topological polar surface area (TPSA) is 39.1 Å². The fraction of sp³-hybridized carbons (Fsp3) is 0.824. The van der Waals surface area contributed by atoms with Gasteiger partial charge in [0.2, 0.25) is 0 Å². The molecule has 120 valence electrons. The highest BCUT2D eigenvalue weighted by Gasteiger charge is 2.29. The van der Waals surface area contributed by atoms with E-state index in [9.17, 15) is 0 Å². The lowest BCUT2D eigenvalue weighted by molar-refractivity contribution is 0.338. The second-order valence-electron chi connectivity index (χ2n) is 6.78. The molecule has 1 aromatic rings. The van der Waals surface area contributed by atoms with Gasteiger partial charge in [-0.25, -0.2) is 0 Å². The van der Waals surface area contributed by atoms with E-state index in [4.69, 9.17) is 4.74 Å². The van der Waals surface area contributed by atoms with Crippen LogP contribution in [0.1, 0.15) is 57.6 Å². The molecule has 2 unspecified atom stereocenters. The van der Waals surface area contributed by atoms with E-state index in [0.717, 1.165) is 18.8 Å². The minimum atomic E-state index is 0.564. The molecule has 1 aromatic heterocycles. The molecule has 0 aliphatic heterocycles. The first-order valence-electron chi connectivity index (χ1n) is 8.40. The second-order valence-corrected chi connectivity index (χ2v) is 6.78. The van der Waals surface area contributed by atoms with Gasteiger partial charge < -0.3 is 10.1 Å². The van der Waals surface area contributed by atoms with Gasteiger partial charge in [-0.2, -0.15) is 5.10 Å². The van der Waals surface area contributed by atoms with Crippen LogP contribution in [0.3, 0.4) is 0 Å². The molecule has 2 atom stereocenters. The average Bonchev–Trinajstić information content (AvgIpc) is 2.67. The van der Waals surface area contributed by atoms with E-state index in [-0.39, 0.29) is 0 Å². The van der Waals surface area contributed by atoms with Crippen molar-refractivity contribution in [2.24, 2.45) is 18.9 Å². The maximum atomic E-state index is 5.55. The second kappa shape index (κ2) is 7.83. The van der Waals surface area contributed by atoms with Gasteiger partial charge in [0.05, 0.1) is 19.0 Å². The van der Waals surface area contributed by atoms with Crippen LogP contribution in [0.5, 0.6) is 5.75 Å². The van der Waals surface area contributed by atoms with Crippen LogP contribution in [-0.4, -0.2) is 30.0 Å². The predicted molar refractivity (Wildman–Crippen MR) is 86.8 cm³/mol. The molecule has 1 N–H and O–H groups in total. The zero-order valence-corrected chi connectivity index (χ0v) is 14.1. The third-order valence-electron chi connectivity index (χ3n) is 4.64. The number of nitrogens with zero attached hydrogens (tertiary/aromatic N) is 2. The minimum absolute atomic E-state index is 0.564. The number of ether oxygens (including phenoxy) is 1. The first kappa shape index (κ1) is 16.3. The molecule has 4 nitrogen and oxygen atoms in total. The van der Waals surface area contributed by atoms with Crippen LogP contribution in [0.15, 0.2) is 6.20 Å². The third kappa shape index (κ3) is 4.22. The summed E-state index contributed by atoms with van der Waals surface area (Å²) in [6.07, 6.45) is 8.45. The summed E-state index contributed by atoms with van der Waals surface area (Å²) in [7, 11) is 3.80.